The number of ketones is 1. The third-order valence-corrected chi connectivity index (χ3v) is 8.48. The van der Waals surface area contributed by atoms with Crippen LogP contribution in [0.1, 0.15) is 24.5 Å². The van der Waals surface area contributed by atoms with E-state index in [9.17, 15) is 30.0 Å². The van der Waals surface area contributed by atoms with Crippen molar-refractivity contribution in [3.63, 3.8) is 0 Å². The maximum Gasteiger partial charge on any atom is 0.229 e. The highest BCUT2D eigenvalue weighted by molar-refractivity contribution is 6.08. The molecular weight excluding hydrogens is 526 g/mol. The summed E-state index contributed by atoms with van der Waals surface area (Å²) in [6.45, 7) is 0.871. The number of likely N-dealkylation sites (N-methyl/N-ethyl adjacent to an activating group) is 1. The van der Waals surface area contributed by atoms with Crippen molar-refractivity contribution in [3.8, 4) is 17.2 Å². The second-order valence-electron chi connectivity index (χ2n) is 10.4. The first kappa shape index (κ1) is 28.4. The van der Waals surface area contributed by atoms with Gasteiger partial charge in [-0.3, -0.25) is 9.59 Å². The Morgan fingerprint density at radius 3 is 2.40 bits per heavy atom. The van der Waals surface area contributed by atoms with E-state index in [1.54, 1.807) is 24.1 Å². The third-order valence-electron chi connectivity index (χ3n) is 8.48. The lowest BCUT2D eigenvalue weighted by molar-refractivity contribution is -0.277. The van der Waals surface area contributed by atoms with Gasteiger partial charge in [-0.1, -0.05) is 0 Å². The van der Waals surface area contributed by atoms with Crippen LogP contribution in [0.4, 0.5) is 0 Å². The molecule has 12 heteroatoms. The molecule has 0 spiro atoms. The fraction of sp³-hybridized carbons (Fsp3) is 0.571. The molecule has 1 saturated heterocycles. The Morgan fingerprint density at radius 2 is 1.80 bits per heavy atom. The summed E-state index contributed by atoms with van der Waals surface area (Å²) >= 11 is 0. The minimum absolute atomic E-state index is 0.0713. The molecule has 5 rings (SSSR count). The van der Waals surface area contributed by atoms with Crippen LogP contribution in [0.3, 0.4) is 0 Å². The van der Waals surface area contributed by atoms with E-state index in [0.29, 0.717) is 18.4 Å². The van der Waals surface area contributed by atoms with Gasteiger partial charge in [0.1, 0.15) is 24.4 Å². The van der Waals surface area contributed by atoms with Crippen molar-refractivity contribution in [2.75, 3.05) is 35.0 Å². The van der Waals surface area contributed by atoms with E-state index in [1.807, 2.05) is 0 Å². The number of carbonyl (C=O) groups is 2. The minimum atomic E-state index is -1.65. The van der Waals surface area contributed by atoms with Gasteiger partial charge in [-0.25, -0.2) is 0 Å². The molecule has 1 amide bonds. The molecule has 1 heterocycles. The van der Waals surface area contributed by atoms with Crippen LogP contribution in [-0.2, 0) is 25.5 Å². The van der Waals surface area contributed by atoms with Crippen molar-refractivity contribution in [1.82, 2.24) is 4.90 Å². The van der Waals surface area contributed by atoms with Gasteiger partial charge in [-0.05, 0) is 41.7 Å². The highest BCUT2D eigenvalue weighted by atomic mass is 16.7. The number of Topliss-reactive ketones (excluding diaryl/α,β-unsaturated/α-hetero) is 1. The standard InChI is InChI=1S/C28H35NO11/c1-11(31)29(2)14-7-6-12-8-16(37-4)26(40-28-25(35)24(34)23(33)17(10-30)39-28)27(38-5)18(12)19-13-9-15(36-3)22(32)20(13)21(14)19/h8-9,13-14,17,20,23-25,28,30,33-35H,6-7,10H2,1-5H3/t13-,14-,17+,20-,23+,24-,25+,28-/m0/s1. The fourth-order valence-electron chi connectivity index (χ4n) is 6.34. The number of aryl methyl sites for hydroxylation is 1. The van der Waals surface area contributed by atoms with Crippen molar-refractivity contribution in [2.24, 2.45) is 11.8 Å². The summed E-state index contributed by atoms with van der Waals surface area (Å²) in [5.74, 6) is -0.186. The molecular formula is C28H35NO11. The number of carbonyl (C=O) groups excluding carboxylic acids is 2. The summed E-state index contributed by atoms with van der Waals surface area (Å²) in [4.78, 5) is 27.3. The lowest BCUT2D eigenvalue weighted by Crippen LogP contribution is -2.60. The molecule has 1 fully saturated rings. The van der Waals surface area contributed by atoms with Gasteiger partial charge >= 0.3 is 0 Å². The summed E-state index contributed by atoms with van der Waals surface area (Å²) in [5.41, 5.74) is 3.18. The number of nitrogens with zero attached hydrogens (tertiary/aromatic N) is 1. The summed E-state index contributed by atoms with van der Waals surface area (Å²) in [7, 11) is 6.06. The van der Waals surface area contributed by atoms with E-state index in [0.717, 1.165) is 16.7 Å². The zero-order chi connectivity index (χ0) is 29.0. The van der Waals surface area contributed by atoms with Crippen LogP contribution in [0.25, 0.3) is 5.57 Å². The number of fused-ring (bicyclic) bond motifs is 5. The van der Waals surface area contributed by atoms with Gasteiger partial charge in [0, 0.05) is 25.5 Å². The lowest BCUT2D eigenvalue weighted by atomic mass is 9.64. The molecule has 0 bridgehead atoms. The van der Waals surface area contributed by atoms with Gasteiger partial charge < -0.3 is 49.0 Å². The predicted molar refractivity (Wildman–Crippen MR) is 138 cm³/mol. The molecule has 0 saturated carbocycles. The second-order valence-corrected chi connectivity index (χ2v) is 10.4. The average Bonchev–Trinajstić information content (AvgIpc) is 3.12. The Morgan fingerprint density at radius 1 is 1.07 bits per heavy atom. The summed E-state index contributed by atoms with van der Waals surface area (Å²) in [5, 5.41) is 40.7. The smallest absolute Gasteiger partial charge is 0.229 e. The Hall–Kier alpha value is -3.16. The topological polar surface area (TPSA) is 164 Å². The number of hydrogen-bond donors (Lipinski definition) is 4. The normalized spacial score (nSPS) is 32.6. The number of ether oxygens (including phenoxy) is 5. The summed E-state index contributed by atoms with van der Waals surface area (Å²) < 4.78 is 28.5. The third kappa shape index (κ3) is 4.17. The molecule has 4 aliphatic rings. The van der Waals surface area contributed by atoms with Gasteiger partial charge in [0.25, 0.3) is 0 Å². The SMILES string of the molecule is COC1=C[C@H]2C3=C([C@H]2C1=O)[C@@H](N(C)C(C)=O)CCc1cc(OC)c(O[C@@H]2O[C@H](CO)[C@@H](O)[C@H](O)[C@H]2O)c(OC)c13. The number of aliphatic hydroxyl groups is 4. The molecule has 1 aliphatic heterocycles. The predicted octanol–water partition coefficient (Wildman–Crippen LogP) is -0.212. The highest BCUT2D eigenvalue weighted by Crippen LogP contribution is 2.60. The number of allylic oxidation sites excluding steroid dienone is 3. The molecule has 40 heavy (non-hydrogen) atoms. The van der Waals surface area contributed by atoms with E-state index in [1.165, 1.54) is 28.3 Å². The lowest BCUT2D eigenvalue weighted by Gasteiger charge is -2.43. The van der Waals surface area contributed by atoms with Crippen LogP contribution in [0.15, 0.2) is 23.5 Å². The first-order valence-corrected chi connectivity index (χ1v) is 13.1. The van der Waals surface area contributed by atoms with Crippen LogP contribution in [0.2, 0.25) is 0 Å². The molecule has 218 valence electrons. The number of hydrogen-bond acceptors (Lipinski definition) is 11. The van der Waals surface area contributed by atoms with E-state index in [-0.39, 0.29) is 46.7 Å². The number of amides is 1. The van der Waals surface area contributed by atoms with Crippen LogP contribution in [0.5, 0.6) is 17.2 Å². The Kier molecular flexibility index (Phi) is 7.57. The minimum Gasteiger partial charge on any atom is -0.493 e. The molecule has 0 unspecified atom stereocenters. The molecule has 3 aliphatic carbocycles. The zero-order valence-electron chi connectivity index (χ0n) is 23.0. The first-order chi connectivity index (χ1) is 19.1. The van der Waals surface area contributed by atoms with E-state index in [4.69, 9.17) is 23.7 Å². The molecule has 12 nitrogen and oxygen atoms in total. The maximum atomic E-state index is 13.2. The molecule has 0 radical (unpaired) electrons. The monoisotopic (exact) mass is 561 g/mol. The van der Waals surface area contributed by atoms with Gasteiger partial charge in [-0.2, -0.15) is 0 Å². The van der Waals surface area contributed by atoms with E-state index in [2.05, 4.69) is 0 Å². The van der Waals surface area contributed by atoms with E-state index >= 15 is 0 Å². The molecule has 1 aromatic rings. The largest absolute Gasteiger partial charge is 0.493 e. The number of aliphatic hydroxyl groups excluding tert-OH is 4. The quantitative estimate of drug-likeness (QED) is 0.348. The zero-order valence-corrected chi connectivity index (χ0v) is 23.0. The summed E-state index contributed by atoms with van der Waals surface area (Å²) in [6.07, 6.45) is -4.61. The van der Waals surface area contributed by atoms with Gasteiger partial charge in [0.05, 0.1) is 39.9 Å². The van der Waals surface area contributed by atoms with Crippen molar-refractivity contribution in [1.29, 1.82) is 0 Å². The molecule has 8 atom stereocenters. The van der Waals surface area contributed by atoms with Crippen LogP contribution < -0.4 is 14.2 Å². The van der Waals surface area contributed by atoms with Gasteiger partial charge in [0.15, 0.2) is 17.3 Å². The fourth-order valence-corrected chi connectivity index (χ4v) is 6.34. The number of benzene rings is 1. The van der Waals surface area contributed by atoms with Crippen LogP contribution >= 0.6 is 0 Å². The maximum absolute atomic E-state index is 13.2. The van der Waals surface area contributed by atoms with Crippen LogP contribution in [0, 0.1) is 11.8 Å². The summed E-state index contributed by atoms with van der Waals surface area (Å²) in [6, 6.07) is 1.45. The number of methoxy groups -OCH3 is 3. The molecule has 4 N–H and O–H groups in total. The number of rotatable bonds is 7. The first-order valence-electron chi connectivity index (χ1n) is 13.1. The van der Waals surface area contributed by atoms with Crippen molar-refractivity contribution in [3.05, 3.63) is 34.6 Å². The van der Waals surface area contributed by atoms with Crippen molar-refractivity contribution >= 4 is 17.3 Å². The Bertz CT molecular complexity index is 1270. The van der Waals surface area contributed by atoms with Crippen LogP contribution in [-0.4, -0.2) is 109 Å². The van der Waals surface area contributed by atoms with E-state index < -0.39 is 43.2 Å². The highest BCUT2D eigenvalue weighted by Gasteiger charge is 2.55. The van der Waals surface area contributed by atoms with Gasteiger partial charge in [0.2, 0.25) is 23.7 Å². The van der Waals surface area contributed by atoms with Gasteiger partial charge in [-0.15, -0.1) is 0 Å². The Balaban J connectivity index is 1.66. The van der Waals surface area contributed by atoms with Crippen molar-refractivity contribution in [2.45, 2.75) is 56.5 Å². The average molecular weight is 562 g/mol. The molecule has 0 aromatic heterocycles. The van der Waals surface area contributed by atoms with Crippen molar-refractivity contribution < 1.29 is 53.7 Å². The Labute approximate surface area is 231 Å². The second kappa shape index (κ2) is 10.7. The molecule has 1 aromatic carbocycles.